The molecule has 2 unspecified atom stereocenters. The van der Waals surface area contributed by atoms with Crippen molar-refractivity contribution in [1.82, 2.24) is 14.7 Å². The number of ether oxygens (including phenoxy) is 1. The first-order valence-corrected chi connectivity index (χ1v) is 18.3. The molecular weight excluding hydrogens is 524 g/mol. The van der Waals surface area contributed by atoms with Gasteiger partial charge in [0.1, 0.15) is 6.73 Å². The van der Waals surface area contributed by atoms with Crippen LogP contribution in [0.1, 0.15) is 40.3 Å². The molecule has 212 valence electrons. The van der Waals surface area contributed by atoms with Crippen LogP contribution in [0.25, 0.3) is 23.1 Å². The molecule has 41 heavy (non-hydrogen) atoms. The fourth-order valence-corrected chi connectivity index (χ4v) is 6.77. The highest BCUT2D eigenvalue weighted by atomic mass is 28.3. The first kappa shape index (κ1) is 27.6. The molecular formula is C34H40N4O2Si. The van der Waals surface area contributed by atoms with E-state index in [2.05, 4.69) is 105 Å². The van der Waals surface area contributed by atoms with Gasteiger partial charge in [0.15, 0.2) is 0 Å². The Balaban J connectivity index is 1.29. The number of rotatable bonds is 10. The van der Waals surface area contributed by atoms with Gasteiger partial charge in [-0.25, -0.2) is 4.68 Å². The van der Waals surface area contributed by atoms with Crippen molar-refractivity contribution in [3.8, 4) is 0 Å². The van der Waals surface area contributed by atoms with Gasteiger partial charge in [-0.3, -0.25) is 4.79 Å². The standard InChI is InChI=1S/C34H40N4O2Si/c1-37(2)22-25-12-10-24(11-13-25)14-17-30-27-16-15-26(20-32(27)38(36-30)23-40-18-19-41(3,4)5)29-21-34(29)28-8-6-7-9-31(28)35-33(34)39/h6-17,20,29H,18-19,21-23H2,1-5H3,(H,35,39). The monoisotopic (exact) mass is 564 g/mol. The zero-order chi connectivity index (χ0) is 28.8. The van der Waals surface area contributed by atoms with Crippen LogP contribution in [0.2, 0.25) is 25.7 Å². The quantitative estimate of drug-likeness (QED) is 0.167. The number of para-hydroxylation sites is 1. The Morgan fingerprint density at radius 2 is 1.85 bits per heavy atom. The second kappa shape index (κ2) is 10.7. The maximum absolute atomic E-state index is 13.1. The number of carbonyl (C=O) groups excluding carboxylic acids is 1. The lowest BCUT2D eigenvalue weighted by atomic mass is 9.92. The van der Waals surface area contributed by atoms with Gasteiger partial charge >= 0.3 is 0 Å². The van der Waals surface area contributed by atoms with Gasteiger partial charge in [-0.15, -0.1) is 0 Å². The lowest BCUT2D eigenvalue weighted by Crippen LogP contribution is -2.22. The third-order valence-electron chi connectivity index (χ3n) is 8.35. The average molecular weight is 565 g/mol. The Labute approximate surface area is 244 Å². The molecule has 1 fully saturated rings. The number of fused-ring (bicyclic) bond motifs is 3. The van der Waals surface area contributed by atoms with Gasteiger partial charge in [-0.05, 0) is 67.0 Å². The van der Waals surface area contributed by atoms with Crippen molar-refractivity contribution in [2.45, 2.75) is 56.7 Å². The van der Waals surface area contributed by atoms with E-state index in [-0.39, 0.29) is 11.8 Å². The minimum atomic E-state index is -1.18. The molecule has 0 bridgehead atoms. The molecule has 1 N–H and O–H groups in total. The van der Waals surface area contributed by atoms with E-state index in [1.54, 1.807) is 0 Å². The van der Waals surface area contributed by atoms with Gasteiger partial charge in [0.05, 0.1) is 16.6 Å². The van der Waals surface area contributed by atoms with Crippen LogP contribution in [-0.4, -0.2) is 49.4 Å². The Morgan fingerprint density at radius 3 is 2.61 bits per heavy atom. The SMILES string of the molecule is CN(C)Cc1ccc(C=Cc2nn(COCC[Si](C)(C)C)c3cc(C4CC45C(=O)Nc4ccccc45)ccc23)cc1. The second-order valence-corrected chi connectivity index (χ2v) is 18.7. The molecule has 1 aliphatic carbocycles. The summed E-state index contributed by atoms with van der Waals surface area (Å²) in [6.07, 6.45) is 5.06. The first-order chi connectivity index (χ1) is 19.6. The van der Waals surface area contributed by atoms with Crippen LogP contribution in [0.5, 0.6) is 0 Å². The zero-order valence-corrected chi connectivity index (χ0v) is 25.8. The molecule has 1 amide bonds. The van der Waals surface area contributed by atoms with E-state index in [0.717, 1.165) is 59.0 Å². The summed E-state index contributed by atoms with van der Waals surface area (Å²) in [6.45, 7) is 9.18. The predicted octanol–water partition coefficient (Wildman–Crippen LogP) is 6.96. The fraction of sp³-hybridized carbons (Fsp3) is 0.353. The minimum absolute atomic E-state index is 0.118. The van der Waals surface area contributed by atoms with E-state index >= 15 is 0 Å². The Morgan fingerprint density at radius 1 is 1.07 bits per heavy atom. The van der Waals surface area contributed by atoms with E-state index in [1.165, 1.54) is 11.1 Å². The smallest absolute Gasteiger partial charge is 0.235 e. The van der Waals surface area contributed by atoms with Gasteiger partial charge in [0.25, 0.3) is 0 Å². The Bertz CT molecular complexity index is 1620. The number of nitrogens with zero attached hydrogens (tertiary/aromatic N) is 3. The van der Waals surface area contributed by atoms with Crippen LogP contribution in [-0.2, 0) is 28.2 Å². The fourth-order valence-electron chi connectivity index (χ4n) is 6.01. The second-order valence-electron chi connectivity index (χ2n) is 13.0. The Hall–Kier alpha value is -3.52. The number of hydrogen-bond donors (Lipinski definition) is 1. The first-order valence-electron chi connectivity index (χ1n) is 14.5. The normalized spacial score (nSPS) is 20.0. The van der Waals surface area contributed by atoms with Crippen molar-refractivity contribution in [2.24, 2.45) is 0 Å². The summed E-state index contributed by atoms with van der Waals surface area (Å²) < 4.78 is 8.13. The zero-order valence-electron chi connectivity index (χ0n) is 24.8. The molecule has 6 rings (SSSR count). The van der Waals surface area contributed by atoms with E-state index in [0.29, 0.717) is 6.73 Å². The number of anilines is 1. The number of nitrogens with one attached hydrogen (secondary N) is 1. The third-order valence-corrected chi connectivity index (χ3v) is 10.1. The van der Waals surface area contributed by atoms with Gasteiger partial charge in [0, 0.05) is 38.2 Å². The molecule has 1 saturated carbocycles. The van der Waals surface area contributed by atoms with E-state index in [9.17, 15) is 4.79 Å². The van der Waals surface area contributed by atoms with E-state index in [4.69, 9.17) is 9.84 Å². The number of benzene rings is 3. The topological polar surface area (TPSA) is 59.4 Å². The van der Waals surface area contributed by atoms with Crippen molar-refractivity contribution < 1.29 is 9.53 Å². The van der Waals surface area contributed by atoms with Gasteiger partial charge in [-0.2, -0.15) is 5.10 Å². The molecule has 4 aromatic rings. The average Bonchev–Trinajstić information content (AvgIpc) is 3.51. The van der Waals surface area contributed by atoms with Crippen LogP contribution in [0.4, 0.5) is 5.69 Å². The summed E-state index contributed by atoms with van der Waals surface area (Å²) in [5.41, 5.74) is 7.20. The summed E-state index contributed by atoms with van der Waals surface area (Å²) >= 11 is 0. The molecule has 1 aromatic heterocycles. The number of amides is 1. The van der Waals surface area contributed by atoms with Crippen LogP contribution >= 0.6 is 0 Å². The lowest BCUT2D eigenvalue weighted by Gasteiger charge is -2.15. The summed E-state index contributed by atoms with van der Waals surface area (Å²) in [6, 6.07) is 24.5. The maximum Gasteiger partial charge on any atom is 0.235 e. The number of hydrogen-bond acceptors (Lipinski definition) is 4. The molecule has 0 saturated heterocycles. The Kier molecular flexibility index (Phi) is 7.22. The molecule has 0 radical (unpaired) electrons. The highest BCUT2D eigenvalue weighted by Gasteiger charge is 2.65. The molecule has 2 heterocycles. The van der Waals surface area contributed by atoms with Gasteiger partial charge < -0.3 is 15.0 Å². The lowest BCUT2D eigenvalue weighted by molar-refractivity contribution is -0.118. The number of carbonyl (C=O) groups is 1. The maximum atomic E-state index is 13.1. The van der Waals surface area contributed by atoms with Crippen molar-refractivity contribution in [1.29, 1.82) is 0 Å². The number of aromatic nitrogens is 2. The third kappa shape index (κ3) is 5.54. The van der Waals surface area contributed by atoms with Crippen molar-refractivity contribution >= 4 is 42.7 Å². The van der Waals surface area contributed by atoms with Crippen LogP contribution in [0.15, 0.2) is 66.7 Å². The van der Waals surface area contributed by atoms with Crippen LogP contribution < -0.4 is 5.32 Å². The summed E-state index contributed by atoms with van der Waals surface area (Å²) in [7, 11) is 2.98. The molecule has 6 nitrogen and oxygen atoms in total. The summed E-state index contributed by atoms with van der Waals surface area (Å²) in [5, 5.41) is 9.19. The minimum Gasteiger partial charge on any atom is -0.360 e. The van der Waals surface area contributed by atoms with Gasteiger partial charge in [0.2, 0.25) is 5.91 Å². The summed E-state index contributed by atoms with van der Waals surface area (Å²) in [5.74, 6) is 0.276. The molecule has 2 atom stereocenters. The van der Waals surface area contributed by atoms with E-state index in [1.807, 2.05) is 22.9 Å². The molecule has 7 heteroatoms. The molecule has 1 aliphatic heterocycles. The van der Waals surface area contributed by atoms with Crippen molar-refractivity contribution in [2.75, 3.05) is 26.0 Å². The van der Waals surface area contributed by atoms with Crippen molar-refractivity contribution in [3.05, 3.63) is 94.7 Å². The van der Waals surface area contributed by atoms with Gasteiger partial charge in [-0.1, -0.05) is 80.3 Å². The van der Waals surface area contributed by atoms with Crippen LogP contribution in [0, 0.1) is 0 Å². The summed E-state index contributed by atoms with van der Waals surface area (Å²) in [4.78, 5) is 15.3. The van der Waals surface area contributed by atoms with Crippen molar-refractivity contribution in [3.63, 3.8) is 0 Å². The highest BCUT2D eigenvalue weighted by Crippen LogP contribution is 2.65. The molecule has 3 aromatic carbocycles. The predicted molar refractivity (Wildman–Crippen MR) is 171 cm³/mol. The largest absolute Gasteiger partial charge is 0.360 e. The molecule has 1 spiro atoms. The highest BCUT2D eigenvalue weighted by molar-refractivity contribution is 6.76. The molecule has 2 aliphatic rings. The van der Waals surface area contributed by atoms with Crippen LogP contribution in [0.3, 0.4) is 0 Å². The van der Waals surface area contributed by atoms with E-state index < -0.39 is 13.5 Å².